The third-order valence-corrected chi connectivity index (χ3v) is 3.37. The van der Waals surface area contributed by atoms with Crippen molar-refractivity contribution in [3.05, 3.63) is 34.9 Å². The molecule has 1 heteroatoms. The van der Waals surface area contributed by atoms with Crippen LogP contribution in [0.4, 0.5) is 0 Å². The third kappa shape index (κ3) is 2.07. The Labute approximate surface area is 92.7 Å². The van der Waals surface area contributed by atoms with E-state index in [0.29, 0.717) is 0 Å². The molecule has 0 heterocycles. The first-order chi connectivity index (χ1) is 6.98. The van der Waals surface area contributed by atoms with Crippen LogP contribution in [0.5, 0.6) is 0 Å². The first kappa shape index (κ1) is 10.7. The number of fused-ring (bicyclic) bond motifs is 1. The van der Waals surface area contributed by atoms with Crippen molar-refractivity contribution in [2.45, 2.75) is 51.5 Å². The summed E-state index contributed by atoms with van der Waals surface area (Å²) in [6, 6.07) is 7.11. The second-order valence-corrected chi connectivity index (χ2v) is 5.66. The largest absolute Gasteiger partial charge is 0.324 e. The van der Waals surface area contributed by atoms with Gasteiger partial charge in [0.1, 0.15) is 0 Å². The fourth-order valence-corrected chi connectivity index (χ4v) is 2.30. The molecule has 2 rings (SSSR count). The molecule has 0 aliphatic heterocycles. The second-order valence-electron chi connectivity index (χ2n) is 5.66. The lowest BCUT2D eigenvalue weighted by molar-refractivity contribution is 0.557. The van der Waals surface area contributed by atoms with Crippen LogP contribution >= 0.6 is 0 Å². The Hall–Kier alpha value is -0.820. The van der Waals surface area contributed by atoms with Crippen LogP contribution in [0.3, 0.4) is 0 Å². The Balaban J connectivity index is 2.44. The molecular formula is C14H21N. The molecule has 0 amide bonds. The van der Waals surface area contributed by atoms with Gasteiger partial charge >= 0.3 is 0 Å². The zero-order chi connectivity index (χ0) is 11.1. The maximum Gasteiger partial charge on any atom is 0.0297 e. The highest BCUT2D eigenvalue weighted by Crippen LogP contribution is 2.32. The topological polar surface area (TPSA) is 26.0 Å². The molecule has 0 unspecified atom stereocenters. The van der Waals surface area contributed by atoms with Crippen molar-refractivity contribution in [3.63, 3.8) is 0 Å². The minimum Gasteiger partial charge on any atom is -0.324 e. The average Bonchev–Trinajstić information content (AvgIpc) is 2.16. The summed E-state index contributed by atoms with van der Waals surface area (Å²) in [5.74, 6) is 0. The molecule has 0 saturated heterocycles. The van der Waals surface area contributed by atoms with Gasteiger partial charge in [-0.15, -0.1) is 0 Å². The van der Waals surface area contributed by atoms with E-state index in [2.05, 4.69) is 39.0 Å². The molecule has 0 spiro atoms. The zero-order valence-corrected chi connectivity index (χ0v) is 10.0. The van der Waals surface area contributed by atoms with Gasteiger partial charge in [0.2, 0.25) is 0 Å². The molecule has 1 aromatic rings. The van der Waals surface area contributed by atoms with Crippen LogP contribution in [-0.4, -0.2) is 0 Å². The molecule has 0 fully saturated rings. The Morgan fingerprint density at radius 1 is 1.27 bits per heavy atom. The molecule has 1 atom stereocenters. The highest BCUT2D eigenvalue weighted by Gasteiger charge is 2.20. The smallest absolute Gasteiger partial charge is 0.0297 e. The van der Waals surface area contributed by atoms with Crippen LogP contribution in [0.25, 0.3) is 0 Å². The first-order valence-electron chi connectivity index (χ1n) is 5.87. The van der Waals surface area contributed by atoms with E-state index in [-0.39, 0.29) is 11.5 Å². The monoisotopic (exact) mass is 203 g/mol. The maximum atomic E-state index is 6.16. The molecule has 0 saturated carbocycles. The highest BCUT2D eigenvalue weighted by molar-refractivity contribution is 5.38. The van der Waals surface area contributed by atoms with Crippen molar-refractivity contribution >= 4 is 0 Å². The summed E-state index contributed by atoms with van der Waals surface area (Å²) in [6.45, 7) is 6.76. The summed E-state index contributed by atoms with van der Waals surface area (Å²) in [4.78, 5) is 0. The number of hydrogen-bond acceptors (Lipinski definition) is 1. The average molecular weight is 203 g/mol. The van der Waals surface area contributed by atoms with Crippen molar-refractivity contribution in [1.82, 2.24) is 0 Å². The van der Waals surface area contributed by atoms with E-state index in [4.69, 9.17) is 5.73 Å². The van der Waals surface area contributed by atoms with Crippen molar-refractivity contribution < 1.29 is 0 Å². The zero-order valence-electron chi connectivity index (χ0n) is 10.0. The van der Waals surface area contributed by atoms with E-state index in [1.165, 1.54) is 29.5 Å². The maximum absolute atomic E-state index is 6.16. The van der Waals surface area contributed by atoms with Gasteiger partial charge in [-0.1, -0.05) is 39.0 Å². The van der Waals surface area contributed by atoms with Crippen LogP contribution in [0.2, 0.25) is 0 Å². The van der Waals surface area contributed by atoms with Gasteiger partial charge in [0, 0.05) is 6.04 Å². The van der Waals surface area contributed by atoms with E-state index in [1.807, 2.05) is 0 Å². The van der Waals surface area contributed by atoms with Gasteiger partial charge in [-0.3, -0.25) is 0 Å². The number of nitrogens with two attached hydrogens (primary N) is 1. The van der Waals surface area contributed by atoms with Crippen molar-refractivity contribution in [3.8, 4) is 0 Å². The molecule has 15 heavy (non-hydrogen) atoms. The van der Waals surface area contributed by atoms with Crippen LogP contribution in [0.1, 0.15) is 56.3 Å². The summed E-state index contributed by atoms with van der Waals surface area (Å²) in [7, 11) is 0. The van der Waals surface area contributed by atoms with Crippen molar-refractivity contribution in [2.75, 3.05) is 0 Å². The molecular weight excluding hydrogens is 182 g/mol. The second kappa shape index (κ2) is 3.64. The summed E-state index contributed by atoms with van der Waals surface area (Å²) in [5, 5.41) is 0. The lowest BCUT2D eigenvalue weighted by Crippen LogP contribution is -2.19. The molecule has 0 bridgehead atoms. The summed E-state index contributed by atoms with van der Waals surface area (Å²) >= 11 is 0. The molecule has 0 aromatic heterocycles. The number of aryl methyl sites for hydroxylation is 1. The van der Waals surface area contributed by atoms with Gasteiger partial charge in [-0.25, -0.2) is 0 Å². The number of hydrogen-bond donors (Lipinski definition) is 1. The third-order valence-electron chi connectivity index (χ3n) is 3.37. The summed E-state index contributed by atoms with van der Waals surface area (Å²) < 4.78 is 0. The highest BCUT2D eigenvalue weighted by atomic mass is 14.6. The number of benzene rings is 1. The summed E-state index contributed by atoms with van der Waals surface area (Å²) in [6.07, 6.45) is 3.58. The van der Waals surface area contributed by atoms with Gasteiger partial charge in [0.25, 0.3) is 0 Å². The van der Waals surface area contributed by atoms with Crippen molar-refractivity contribution in [1.29, 1.82) is 0 Å². The molecule has 1 aliphatic rings. The van der Waals surface area contributed by atoms with Gasteiger partial charge in [0.05, 0.1) is 0 Å². The first-order valence-corrected chi connectivity index (χ1v) is 5.87. The lowest BCUT2D eigenvalue weighted by atomic mass is 9.81. The normalized spacial score (nSPS) is 21.2. The van der Waals surface area contributed by atoms with Gasteiger partial charge in [0.15, 0.2) is 0 Å². The fraction of sp³-hybridized carbons (Fsp3) is 0.571. The molecule has 1 aromatic carbocycles. The predicted octanol–water partition coefficient (Wildman–Crippen LogP) is 3.32. The van der Waals surface area contributed by atoms with Crippen molar-refractivity contribution in [2.24, 2.45) is 5.73 Å². The van der Waals surface area contributed by atoms with Gasteiger partial charge in [-0.05, 0) is 41.4 Å². The van der Waals surface area contributed by atoms with Crippen LogP contribution in [-0.2, 0) is 11.8 Å². The molecule has 82 valence electrons. The predicted molar refractivity (Wildman–Crippen MR) is 65.0 cm³/mol. The van der Waals surface area contributed by atoms with Gasteiger partial charge in [-0.2, -0.15) is 0 Å². The number of rotatable bonds is 0. The van der Waals surface area contributed by atoms with E-state index in [0.717, 1.165) is 6.42 Å². The van der Waals surface area contributed by atoms with E-state index >= 15 is 0 Å². The van der Waals surface area contributed by atoms with Crippen LogP contribution < -0.4 is 5.73 Å². The van der Waals surface area contributed by atoms with Crippen LogP contribution in [0, 0.1) is 0 Å². The quantitative estimate of drug-likeness (QED) is 0.687. The molecule has 2 N–H and O–H groups in total. The fourth-order valence-electron chi connectivity index (χ4n) is 2.30. The van der Waals surface area contributed by atoms with Gasteiger partial charge < -0.3 is 5.73 Å². The Morgan fingerprint density at radius 3 is 2.67 bits per heavy atom. The molecule has 0 radical (unpaired) electrons. The Kier molecular flexibility index (Phi) is 2.59. The van der Waals surface area contributed by atoms with E-state index in [1.54, 1.807) is 0 Å². The SMILES string of the molecule is CC(C)(C)c1ccc2c(c1)[C@H](N)CCC2. The minimum atomic E-state index is 0.228. The van der Waals surface area contributed by atoms with E-state index < -0.39 is 0 Å². The molecule has 1 aliphatic carbocycles. The Morgan fingerprint density at radius 2 is 2.00 bits per heavy atom. The minimum absolute atomic E-state index is 0.228. The van der Waals surface area contributed by atoms with E-state index in [9.17, 15) is 0 Å². The Bertz CT molecular complexity index is 360. The van der Waals surface area contributed by atoms with Crippen LogP contribution in [0.15, 0.2) is 18.2 Å². The molecule has 1 nitrogen and oxygen atoms in total. The summed E-state index contributed by atoms with van der Waals surface area (Å²) in [5.41, 5.74) is 10.6. The standard InChI is InChI=1S/C14H21N/c1-14(2,3)11-8-7-10-5-4-6-13(15)12(10)9-11/h7-9,13H,4-6,15H2,1-3H3/t13-/m1/s1. The lowest BCUT2D eigenvalue weighted by Gasteiger charge is -2.26.